The molecule has 2 fully saturated rings. The number of carbonyl (C=O) groups is 1. The fourth-order valence-electron chi connectivity index (χ4n) is 3.13. The first-order chi connectivity index (χ1) is 12.2. The summed E-state index contributed by atoms with van der Waals surface area (Å²) in [6.45, 7) is 2.50. The van der Waals surface area contributed by atoms with E-state index >= 15 is 0 Å². The molecule has 1 aromatic carbocycles. The van der Waals surface area contributed by atoms with Crippen LogP contribution in [-0.4, -0.2) is 64.9 Å². The Morgan fingerprint density at radius 3 is 2.42 bits per heavy atom. The van der Waals surface area contributed by atoms with Crippen LogP contribution in [0.25, 0.3) is 0 Å². The predicted octanol–water partition coefficient (Wildman–Crippen LogP) is 0.395. The third-order valence-corrected chi connectivity index (χ3v) is 4.32. The molecule has 0 spiro atoms. The Morgan fingerprint density at radius 1 is 1.23 bits per heavy atom. The zero-order valence-electron chi connectivity index (χ0n) is 14.6. The monoisotopic (exact) mass is 370 g/mol. The Morgan fingerprint density at radius 2 is 1.88 bits per heavy atom. The summed E-state index contributed by atoms with van der Waals surface area (Å²) in [5, 5.41) is 29.5. The Labute approximate surface area is 150 Å². The van der Waals surface area contributed by atoms with Crippen LogP contribution in [0.5, 0.6) is 5.75 Å². The van der Waals surface area contributed by atoms with Gasteiger partial charge in [0.1, 0.15) is 18.0 Å². The molecule has 0 saturated carbocycles. The highest BCUT2D eigenvalue weighted by molar-refractivity contribution is 5.76. The Bertz CT molecular complexity index is 659. The van der Waals surface area contributed by atoms with Crippen molar-refractivity contribution in [2.24, 2.45) is 0 Å². The molecule has 0 radical (unpaired) electrons. The molecule has 0 aliphatic carbocycles. The third kappa shape index (κ3) is 3.29. The van der Waals surface area contributed by atoms with E-state index in [2.05, 4.69) is 0 Å². The van der Waals surface area contributed by atoms with Crippen molar-refractivity contribution in [1.29, 1.82) is 0 Å². The smallest absolute Gasteiger partial charge is 0.367 e. The summed E-state index contributed by atoms with van der Waals surface area (Å²) in [6, 6.07) is 6.88. The second-order valence-electron chi connectivity index (χ2n) is 6.60. The van der Waals surface area contributed by atoms with E-state index in [4.69, 9.17) is 23.7 Å². The second kappa shape index (κ2) is 6.76. The molecule has 2 heterocycles. The van der Waals surface area contributed by atoms with E-state index in [-0.39, 0.29) is 0 Å². The number of methoxy groups -OCH3 is 1. The highest BCUT2D eigenvalue weighted by Gasteiger charge is 2.64. The number of rotatable bonds is 5. The van der Waals surface area contributed by atoms with Gasteiger partial charge in [-0.05, 0) is 26.0 Å². The summed E-state index contributed by atoms with van der Waals surface area (Å²) in [6.07, 6.45) is -4.23. The maximum atomic E-state index is 11.6. The molecule has 2 aliphatic heterocycles. The number of aliphatic hydroxyl groups is 2. The molecule has 9 nitrogen and oxygen atoms in total. The molecule has 5 atom stereocenters. The van der Waals surface area contributed by atoms with Crippen LogP contribution in [-0.2, 0) is 23.7 Å². The zero-order valence-corrected chi connectivity index (χ0v) is 14.6. The Kier molecular flexibility index (Phi) is 4.95. The van der Waals surface area contributed by atoms with Crippen LogP contribution in [0.4, 0.5) is 0 Å². The van der Waals surface area contributed by atoms with Gasteiger partial charge in [0.25, 0.3) is 5.79 Å². The molecule has 0 aromatic heterocycles. The van der Waals surface area contributed by atoms with Gasteiger partial charge in [0.15, 0.2) is 18.2 Å². The average Bonchev–Trinajstić information content (AvgIpc) is 3.13. The van der Waals surface area contributed by atoms with Crippen LogP contribution in [0, 0.1) is 0 Å². The molecule has 3 rings (SSSR count). The first-order valence-corrected chi connectivity index (χ1v) is 8.09. The first-order valence-electron chi connectivity index (χ1n) is 8.09. The van der Waals surface area contributed by atoms with Crippen molar-refractivity contribution in [3.63, 3.8) is 0 Å². The second-order valence-corrected chi connectivity index (χ2v) is 6.60. The fourth-order valence-corrected chi connectivity index (χ4v) is 3.13. The zero-order chi connectivity index (χ0) is 19.1. The number of hydrogen-bond acceptors (Lipinski definition) is 8. The van der Waals surface area contributed by atoms with E-state index in [0.29, 0.717) is 11.3 Å². The maximum absolute atomic E-state index is 11.6. The van der Waals surface area contributed by atoms with Crippen molar-refractivity contribution < 1.29 is 43.8 Å². The van der Waals surface area contributed by atoms with E-state index in [0.717, 1.165) is 0 Å². The van der Waals surface area contributed by atoms with Crippen LogP contribution in [0.1, 0.15) is 25.7 Å². The SMILES string of the molecule is COc1ccc(C2O[C@@H]([C@@H]3OC(C)(C)O[C@@]3(O)C(=O)O)[C@@H](CO)O2)cc1. The topological polar surface area (TPSA) is 124 Å². The number of hydrogen-bond donors (Lipinski definition) is 3. The fraction of sp³-hybridized carbons (Fsp3) is 0.588. The molecule has 2 saturated heterocycles. The van der Waals surface area contributed by atoms with E-state index < -0.39 is 48.8 Å². The number of benzene rings is 1. The number of carboxylic acids is 1. The molecule has 9 heteroatoms. The molecule has 144 valence electrons. The molecule has 26 heavy (non-hydrogen) atoms. The minimum Gasteiger partial charge on any atom is -0.497 e. The molecule has 0 amide bonds. The van der Waals surface area contributed by atoms with Crippen molar-refractivity contribution in [2.75, 3.05) is 13.7 Å². The highest BCUT2D eigenvalue weighted by atomic mass is 16.8. The van der Waals surface area contributed by atoms with Crippen LogP contribution >= 0.6 is 0 Å². The molecule has 1 aromatic rings. The highest BCUT2D eigenvalue weighted by Crippen LogP contribution is 2.43. The largest absolute Gasteiger partial charge is 0.497 e. The van der Waals surface area contributed by atoms with Gasteiger partial charge in [-0.15, -0.1) is 0 Å². The third-order valence-electron chi connectivity index (χ3n) is 4.32. The van der Waals surface area contributed by atoms with Gasteiger partial charge < -0.3 is 39.0 Å². The van der Waals surface area contributed by atoms with Gasteiger partial charge in [-0.3, -0.25) is 0 Å². The lowest BCUT2D eigenvalue weighted by Gasteiger charge is -2.27. The van der Waals surface area contributed by atoms with Crippen molar-refractivity contribution >= 4 is 5.97 Å². The first kappa shape index (κ1) is 19.0. The van der Waals surface area contributed by atoms with Gasteiger partial charge >= 0.3 is 5.97 Å². The van der Waals surface area contributed by atoms with E-state index in [1.807, 2.05) is 0 Å². The molecule has 2 aliphatic rings. The molecule has 3 N–H and O–H groups in total. The Balaban J connectivity index is 1.85. The molecular weight excluding hydrogens is 348 g/mol. The number of aliphatic carboxylic acids is 1. The normalized spacial score (nSPS) is 36.2. The molecular formula is C17H22O9. The van der Waals surface area contributed by atoms with E-state index in [1.54, 1.807) is 31.4 Å². The van der Waals surface area contributed by atoms with Crippen molar-refractivity contribution in [3.8, 4) is 5.75 Å². The van der Waals surface area contributed by atoms with Gasteiger partial charge in [-0.1, -0.05) is 12.1 Å². The van der Waals surface area contributed by atoms with Gasteiger partial charge in [-0.25, -0.2) is 4.79 Å². The lowest BCUT2D eigenvalue weighted by molar-refractivity contribution is -0.242. The van der Waals surface area contributed by atoms with Crippen LogP contribution in [0.2, 0.25) is 0 Å². The van der Waals surface area contributed by atoms with Gasteiger partial charge in [-0.2, -0.15) is 0 Å². The molecule has 0 bridgehead atoms. The maximum Gasteiger partial charge on any atom is 0.367 e. The summed E-state index contributed by atoms with van der Waals surface area (Å²) in [7, 11) is 1.54. The quantitative estimate of drug-likeness (QED) is 0.675. The minimum absolute atomic E-state index is 0.451. The van der Waals surface area contributed by atoms with Crippen LogP contribution in [0.3, 0.4) is 0 Å². The van der Waals surface area contributed by atoms with Gasteiger partial charge in [0.05, 0.1) is 13.7 Å². The predicted molar refractivity (Wildman–Crippen MR) is 85.2 cm³/mol. The Hall–Kier alpha value is -1.75. The van der Waals surface area contributed by atoms with Crippen molar-refractivity contribution in [3.05, 3.63) is 29.8 Å². The van der Waals surface area contributed by atoms with Crippen LogP contribution < -0.4 is 4.74 Å². The standard InChI is InChI=1S/C17H22O9/c1-16(2)25-13(17(21,26-16)15(19)20)12-11(8-18)23-14(24-12)9-4-6-10(22-3)7-5-9/h4-7,11-14,18,21H,8H2,1-3H3,(H,19,20)/t11-,12-,13+,14?,17-/m1/s1. The summed E-state index contributed by atoms with van der Waals surface area (Å²) in [5.74, 6) is -4.93. The number of aliphatic hydroxyl groups excluding tert-OH is 1. The summed E-state index contributed by atoms with van der Waals surface area (Å²) in [4.78, 5) is 11.6. The number of ether oxygens (including phenoxy) is 5. The van der Waals surface area contributed by atoms with Crippen LogP contribution in [0.15, 0.2) is 24.3 Å². The van der Waals surface area contributed by atoms with Gasteiger partial charge in [0, 0.05) is 5.56 Å². The van der Waals surface area contributed by atoms with E-state index in [1.165, 1.54) is 13.8 Å². The molecule has 1 unspecified atom stereocenters. The lowest BCUT2D eigenvalue weighted by Crippen LogP contribution is -2.55. The summed E-state index contributed by atoms with van der Waals surface area (Å²) in [5.41, 5.74) is 0.642. The van der Waals surface area contributed by atoms with Crippen molar-refractivity contribution in [2.45, 2.75) is 50.0 Å². The summed E-state index contributed by atoms with van der Waals surface area (Å²) < 4.78 is 27.3. The minimum atomic E-state index is -2.63. The average molecular weight is 370 g/mol. The number of carboxylic acid groups (broad SMARTS) is 1. The van der Waals surface area contributed by atoms with Crippen molar-refractivity contribution in [1.82, 2.24) is 0 Å². The van der Waals surface area contributed by atoms with E-state index in [9.17, 15) is 20.1 Å². The summed E-state index contributed by atoms with van der Waals surface area (Å²) >= 11 is 0. The van der Waals surface area contributed by atoms with Gasteiger partial charge in [0.2, 0.25) is 0 Å². The lowest BCUT2D eigenvalue weighted by atomic mass is 10.0.